The lowest BCUT2D eigenvalue weighted by Gasteiger charge is -2.03. The maximum Gasteiger partial charge on any atom is 0.269 e. The molecule has 0 heterocycles. The van der Waals surface area contributed by atoms with Crippen molar-refractivity contribution in [3.8, 4) is 5.75 Å². The summed E-state index contributed by atoms with van der Waals surface area (Å²) in [7, 11) is 0. The van der Waals surface area contributed by atoms with Crippen molar-refractivity contribution in [2.45, 2.75) is 12.8 Å². The zero-order valence-electron chi connectivity index (χ0n) is 9.74. The van der Waals surface area contributed by atoms with Crippen molar-refractivity contribution < 1.29 is 10.0 Å². The highest BCUT2D eigenvalue weighted by Gasteiger charge is 2.05. The first-order valence-electron chi connectivity index (χ1n) is 5.66. The summed E-state index contributed by atoms with van der Waals surface area (Å²) >= 11 is 0. The molecule has 0 amide bonds. The molecule has 0 aliphatic carbocycles. The highest BCUT2D eigenvalue weighted by molar-refractivity contribution is 5.35. The molecule has 2 aromatic rings. The fraction of sp³-hybridized carbons (Fsp3) is 0.143. The Labute approximate surface area is 105 Å². The first-order valence-corrected chi connectivity index (χ1v) is 5.66. The second-order valence-corrected chi connectivity index (χ2v) is 4.10. The van der Waals surface area contributed by atoms with Crippen LogP contribution in [0, 0.1) is 10.1 Å². The van der Waals surface area contributed by atoms with E-state index >= 15 is 0 Å². The smallest absolute Gasteiger partial charge is 0.269 e. The number of hydrogen-bond acceptors (Lipinski definition) is 3. The van der Waals surface area contributed by atoms with Crippen LogP contribution in [0.5, 0.6) is 5.75 Å². The van der Waals surface area contributed by atoms with Crippen LogP contribution in [0.15, 0.2) is 48.5 Å². The first-order chi connectivity index (χ1) is 8.65. The predicted molar refractivity (Wildman–Crippen MR) is 68.6 cm³/mol. The van der Waals surface area contributed by atoms with Crippen LogP contribution in [-0.2, 0) is 12.8 Å². The molecule has 0 unspecified atom stereocenters. The van der Waals surface area contributed by atoms with Gasteiger partial charge < -0.3 is 5.11 Å². The Bertz CT molecular complexity index is 566. The van der Waals surface area contributed by atoms with Gasteiger partial charge in [-0.05, 0) is 36.1 Å². The molecule has 4 heteroatoms. The number of nitro benzene ring substituents is 1. The molecule has 1 N–H and O–H groups in total. The van der Waals surface area contributed by atoms with Crippen molar-refractivity contribution in [2.75, 3.05) is 0 Å². The molecular weight excluding hydrogens is 230 g/mol. The minimum atomic E-state index is -0.391. The van der Waals surface area contributed by atoms with E-state index in [-0.39, 0.29) is 11.4 Å². The number of phenols is 1. The molecule has 0 saturated heterocycles. The summed E-state index contributed by atoms with van der Waals surface area (Å²) in [5.74, 6) is 0.242. The molecule has 0 aromatic heterocycles. The largest absolute Gasteiger partial charge is 0.508 e. The molecule has 2 aromatic carbocycles. The molecule has 92 valence electrons. The Hall–Kier alpha value is -2.36. The fourth-order valence-electron chi connectivity index (χ4n) is 1.83. The Morgan fingerprint density at radius 3 is 2.22 bits per heavy atom. The van der Waals surface area contributed by atoms with Crippen molar-refractivity contribution in [1.29, 1.82) is 0 Å². The van der Waals surface area contributed by atoms with Crippen LogP contribution in [0.25, 0.3) is 0 Å². The second-order valence-electron chi connectivity index (χ2n) is 4.10. The quantitative estimate of drug-likeness (QED) is 0.663. The Kier molecular flexibility index (Phi) is 3.57. The minimum absolute atomic E-state index is 0.114. The van der Waals surface area contributed by atoms with Crippen molar-refractivity contribution in [2.24, 2.45) is 0 Å². The number of non-ortho nitro benzene ring substituents is 1. The summed E-state index contributed by atoms with van der Waals surface area (Å²) in [5.41, 5.74) is 2.05. The molecular formula is C14H13NO3. The molecule has 0 aliphatic rings. The minimum Gasteiger partial charge on any atom is -0.508 e. The van der Waals surface area contributed by atoms with E-state index in [1.807, 2.05) is 12.1 Å². The molecule has 0 bridgehead atoms. The lowest BCUT2D eigenvalue weighted by atomic mass is 10.0. The van der Waals surface area contributed by atoms with Crippen LogP contribution in [0.2, 0.25) is 0 Å². The molecule has 0 aliphatic heterocycles. The summed E-state index contributed by atoms with van der Waals surface area (Å²) in [6.07, 6.45) is 1.46. The summed E-state index contributed by atoms with van der Waals surface area (Å²) in [6, 6.07) is 13.7. The molecule has 2 rings (SSSR count). The molecule has 0 fully saturated rings. The topological polar surface area (TPSA) is 63.4 Å². The first kappa shape index (κ1) is 12.1. The molecule has 18 heavy (non-hydrogen) atoms. The highest BCUT2D eigenvalue weighted by Crippen LogP contribution is 2.16. The summed E-state index contributed by atoms with van der Waals surface area (Å²) in [6.45, 7) is 0. The predicted octanol–water partition coefficient (Wildman–Crippen LogP) is 3.09. The van der Waals surface area contributed by atoms with Gasteiger partial charge in [-0.25, -0.2) is 0 Å². The van der Waals surface area contributed by atoms with Crippen molar-refractivity contribution in [3.05, 3.63) is 69.8 Å². The Morgan fingerprint density at radius 1 is 1.00 bits per heavy atom. The average molecular weight is 243 g/mol. The number of phenolic OH excluding ortho intramolecular Hbond substituents is 1. The molecule has 0 atom stereocenters. The van der Waals surface area contributed by atoms with E-state index in [1.54, 1.807) is 30.3 Å². The fourth-order valence-corrected chi connectivity index (χ4v) is 1.83. The van der Waals surface area contributed by atoms with Crippen molar-refractivity contribution >= 4 is 5.69 Å². The highest BCUT2D eigenvalue weighted by atomic mass is 16.6. The second kappa shape index (κ2) is 5.31. The SMILES string of the molecule is O=[N+]([O-])c1cccc(CCc2cccc(O)c2)c1. The monoisotopic (exact) mass is 243 g/mol. The summed E-state index contributed by atoms with van der Waals surface area (Å²) < 4.78 is 0. The van der Waals surface area contributed by atoms with Crippen LogP contribution in [0.1, 0.15) is 11.1 Å². The van der Waals surface area contributed by atoms with Gasteiger partial charge in [0.15, 0.2) is 0 Å². The van der Waals surface area contributed by atoms with E-state index in [0.29, 0.717) is 6.42 Å². The summed E-state index contributed by atoms with van der Waals surface area (Å²) in [5, 5.41) is 20.0. The third kappa shape index (κ3) is 3.07. The van der Waals surface area contributed by atoms with Gasteiger partial charge in [0.2, 0.25) is 0 Å². The number of benzene rings is 2. The van der Waals surface area contributed by atoms with Crippen molar-refractivity contribution in [3.63, 3.8) is 0 Å². The van der Waals surface area contributed by atoms with E-state index in [2.05, 4.69) is 0 Å². The standard InChI is InChI=1S/C14H13NO3/c16-14-6-2-4-12(10-14)8-7-11-3-1-5-13(9-11)15(17)18/h1-6,9-10,16H,7-8H2. The van der Waals surface area contributed by atoms with E-state index in [0.717, 1.165) is 17.5 Å². The molecule has 4 nitrogen and oxygen atoms in total. The van der Waals surface area contributed by atoms with Gasteiger partial charge >= 0.3 is 0 Å². The third-order valence-electron chi connectivity index (χ3n) is 2.73. The van der Waals surface area contributed by atoms with Crippen LogP contribution in [0.3, 0.4) is 0 Å². The van der Waals surface area contributed by atoms with Crippen LogP contribution >= 0.6 is 0 Å². The van der Waals surface area contributed by atoms with Crippen molar-refractivity contribution in [1.82, 2.24) is 0 Å². The Balaban J connectivity index is 2.06. The van der Waals surface area contributed by atoms with Crippen LogP contribution in [-0.4, -0.2) is 10.0 Å². The van der Waals surface area contributed by atoms with Gasteiger partial charge in [0.05, 0.1) is 4.92 Å². The number of aromatic hydroxyl groups is 1. The van der Waals surface area contributed by atoms with E-state index in [4.69, 9.17) is 0 Å². The van der Waals surface area contributed by atoms with E-state index < -0.39 is 4.92 Å². The van der Waals surface area contributed by atoms with Crippen LogP contribution < -0.4 is 0 Å². The summed E-state index contributed by atoms with van der Waals surface area (Å²) in [4.78, 5) is 10.3. The number of aryl methyl sites for hydroxylation is 2. The zero-order valence-corrected chi connectivity index (χ0v) is 9.74. The van der Waals surface area contributed by atoms with Gasteiger partial charge in [0, 0.05) is 12.1 Å². The van der Waals surface area contributed by atoms with E-state index in [9.17, 15) is 15.2 Å². The maximum atomic E-state index is 10.6. The number of hydrogen-bond donors (Lipinski definition) is 1. The number of rotatable bonds is 4. The van der Waals surface area contributed by atoms with E-state index in [1.165, 1.54) is 6.07 Å². The van der Waals surface area contributed by atoms with Crippen LogP contribution in [0.4, 0.5) is 5.69 Å². The lowest BCUT2D eigenvalue weighted by Crippen LogP contribution is -1.93. The third-order valence-corrected chi connectivity index (χ3v) is 2.73. The average Bonchev–Trinajstić information content (AvgIpc) is 2.37. The molecule has 0 spiro atoms. The lowest BCUT2D eigenvalue weighted by molar-refractivity contribution is -0.384. The maximum absolute atomic E-state index is 10.6. The van der Waals surface area contributed by atoms with Gasteiger partial charge in [0.1, 0.15) is 5.75 Å². The zero-order chi connectivity index (χ0) is 13.0. The number of nitrogens with zero attached hydrogens (tertiary/aromatic N) is 1. The molecule has 0 radical (unpaired) electrons. The van der Waals surface area contributed by atoms with Gasteiger partial charge in [-0.1, -0.05) is 24.3 Å². The van der Waals surface area contributed by atoms with Gasteiger partial charge in [0.25, 0.3) is 5.69 Å². The Morgan fingerprint density at radius 2 is 1.61 bits per heavy atom. The normalized spacial score (nSPS) is 10.2. The van der Waals surface area contributed by atoms with Gasteiger partial charge in [-0.15, -0.1) is 0 Å². The number of nitro groups is 1. The van der Waals surface area contributed by atoms with Gasteiger partial charge in [-0.2, -0.15) is 0 Å². The molecule has 0 saturated carbocycles. The van der Waals surface area contributed by atoms with Gasteiger partial charge in [-0.3, -0.25) is 10.1 Å².